The fraction of sp³-hybridized carbons (Fsp3) is 0.138. The molecule has 10 nitrogen and oxygen atoms in total. The summed E-state index contributed by atoms with van der Waals surface area (Å²) in [7, 11) is 0. The lowest BCUT2D eigenvalue weighted by molar-refractivity contribution is -0.140. The second-order valence-corrected chi connectivity index (χ2v) is 8.62. The van der Waals surface area contributed by atoms with Gasteiger partial charge in [0.25, 0.3) is 11.5 Å². The monoisotopic (exact) mass is 527 g/mol. The molecule has 0 aliphatic carbocycles. The average molecular weight is 528 g/mol. The molecule has 4 aromatic rings. The van der Waals surface area contributed by atoms with E-state index in [9.17, 15) is 29.1 Å². The van der Waals surface area contributed by atoms with E-state index in [-0.39, 0.29) is 5.69 Å². The van der Waals surface area contributed by atoms with Crippen LogP contribution in [0.25, 0.3) is 10.8 Å². The number of ketones is 1. The van der Waals surface area contributed by atoms with E-state index in [2.05, 4.69) is 10.6 Å². The first-order chi connectivity index (χ1) is 18.8. The summed E-state index contributed by atoms with van der Waals surface area (Å²) in [6.07, 6.45) is 0.695. The number of pyridine rings is 1. The number of nitrogens with zero attached hydrogens (tertiary/aromatic N) is 1. The minimum atomic E-state index is -1.36. The topological polar surface area (TPSA) is 144 Å². The number of ether oxygens (including phenoxy) is 1. The van der Waals surface area contributed by atoms with Crippen LogP contribution in [0.4, 0.5) is 5.69 Å². The third-order valence-electron chi connectivity index (χ3n) is 5.84. The van der Waals surface area contributed by atoms with Crippen molar-refractivity contribution >= 4 is 40.0 Å². The number of Topliss-reactive ketones (excluding diaryl/α,β-unsaturated/α-hetero) is 1. The number of aromatic nitrogens is 1. The van der Waals surface area contributed by atoms with Gasteiger partial charge in [-0.25, -0.2) is 0 Å². The molecule has 4 rings (SSSR count). The van der Waals surface area contributed by atoms with Gasteiger partial charge in [0.1, 0.15) is 30.6 Å². The minimum Gasteiger partial charge on any atom is -0.486 e. The standard InChI is InChI=1S/C29H25N3O7/c33-25(18-39-20-10-2-1-3-11-20)24(16-27(35)36)30-26(34)17-32-15-7-14-23(29(32)38)31-28(37)22-13-6-9-19-8-4-5-12-21(19)22/h1-15,24H,16-18H2,(H,30,34)(H,31,37)(H,35,36)/t24-/m0/s1. The van der Waals surface area contributed by atoms with E-state index in [1.54, 1.807) is 48.5 Å². The van der Waals surface area contributed by atoms with Crippen molar-refractivity contribution in [1.29, 1.82) is 0 Å². The van der Waals surface area contributed by atoms with Crippen molar-refractivity contribution in [2.24, 2.45) is 0 Å². The normalized spacial score (nSPS) is 11.4. The van der Waals surface area contributed by atoms with Crippen LogP contribution in [0.1, 0.15) is 16.8 Å². The van der Waals surface area contributed by atoms with Crippen molar-refractivity contribution in [3.63, 3.8) is 0 Å². The van der Waals surface area contributed by atoms with Gasteiger partial charge in [-0.05, 0) is 41.1 Å². The van der Waals surface area contributed by atoms with E-state index in [0.29, 0.717) is 11.3 Å². The zero-order valence-electron chi connectivity index (χ0n) is 20.7. The van der Waals surface area contributed by atoms with Crippen molar-refractivity contribution < 1.29 is 29.0 Å². The highest BCUT2D eigenvalue weighted by atomic mass is 16.5. The molecule has 198 valence electrons. The van der Waals surface area contributed by atoms with Crippen molar-refractivity contribution in [2.45, 2.75) is 19.0 Å². The van der Waals surface area contributed by atoms with E-state index in [1.807, 2.05) is 24.3 Å². The lowest BCUT2D eigenvalue weighted by atomic mass is 10.0. The Morgan fingerprint density at radius 1 is 0.872 bits per heavy atom. The largest absolute Gasteiger partial charge is 0.486 e. The highest BCUT2D eigenvalue weighted by Gasteiger charge is 2.24. The first-order valence-electron chi connectivity index (χ1n) is 12.0. The van der Waals surface area contributed by atoms with Crippen LogP contribution in [0.5, 0.6) is 5.75 Å². The van der Waals surface area contributed by atoms with Gasteiger partial charge in [0, 0.05) is 11.8 Å². The van der Waals surface area contributed by atoms with Gasteiger partial charge in [-0.3, -0.25) is 24.0 Å². The summed E-state index contributed by atoms with van der Waals surface area (Å²) >= 11 is 0. The van der Waals surface area contributed by atoms with Crippen LogP contribution in [0.2, 0.25) is 0 Å². The highest BCUT2D eigenvalue weighted by molar-refractivity contribution is 6.12. The second kappa shape index (κ2) is 12.3. The van der Waals surface area contributed by atoms with Gasteiger partial charge in [0.05, 0.1) is 6.42 Å². The summed E-state index contributed by atoms with van der Waals surface area (Å²) in [5.74, 6) is -2.76. The van der Waals surface area contributed by atoms with E-state index in [0.717, 1.165) is 15.3 Å². The zero-order valence-corrected chi connectivity index (χ0v) is 20.7. The van der Waals surface area contributed by atoms with Crippen molar-refractivity contribution in [2.75, 3.05) is 11.9 Å². The number of anilines is 1. The number of fused-ring (bicyclic) bond motifs is 1. The van der Waals surface area contributed by atoms with Crippen LogP contribution in [-0.2, 0) is 20.9 Å². The molecule has 0 aliphatic heterocycles. The van der Waals surface area contributed by atoms with Gasteiger partial charge in [0.15, 0.2) is 5.78 Å². The van der Waals surface area contributed by atoms with Crippen LogP contribution in [-0.4, -0.2) is 45.9 Å². The fourth-order valence-electron chi connectivity index (χ4n) is 3.96. The molecule has 0 unspecified atom stereocenters. The molecular formula is C29H25N3O7. The number of carboxylic acid groups (broad SMARTS) is 1. The Kier molecular flexibility index (Phi) is 8.47. The number of rotatable bonds is 11. The smallest absolute Gasteiger partial charge is 0.305 e. The average Bonchev–Trinajstić information content (AvgIpc) is 2.93. The quantitative estimate of drug-likeness (QED) is 0.272. The van der Waals surface area contributed by atoms with Crippen molar-refractivity contribution in [3.05, 3.63) is 107 Å². The summed E-state index contributed by atoms with van der Waals surface area (Å²) < 4.78 is 6.43. The van der Waals surface area contributed by atoms with Crippen LogP contribution >= 0.6 is 0 Å². The molecule has 0 saturated carbocycles. The number of carbonyl (C=O) groups is 4. The first-order valence-corrected chi connectivity index (χ1v) is 12.0. The van der Waals surface area contributed by atoms with Crippen LogP contribution < -0.4 is 20.9 Å². The molecular weight excluding hydrogens is 502 g/mol. The van der Waals surface area contributed by atoms with Gasteiger partial charge in [-0.1, -0.05) is 54.6 Å². The highest BCUT2D eigenvalue weighted by Crippen LogP contribution is 2.19. The molecule has 39 heavy (non-hydrogen) atoms. The zero-order chi connectivity index (χ0) is 27.8. The SMILES string of the molecule is O=C(O)C[C@H](NC(=O)Cn1cccc(NC(=O)c2cccc3ccccc23)c1=O)C(=O)COc1ccccc1. The molecule has 0 fully saturated rings. The van der Waals surface area contributed by atoms with Gasteiger partial charge in [-0.2, -0.15) is 0 Å². The van der Waals surface area contributed by atoms with Gasteiger partial charge in [0.2, 0.25) is 5.91 Å². The summed E-state index contributed by atoms with van der Waals surface area (Å²) in [6, 6.07) is 22.6. The summed E-state index contributed by atoms with van der Waals surface area (Å²) in [4.78, 5) is 62.5. The molecule has 3 aromatic carbocycles. The van der Waals surface area contributed by atoms with Crippen molar-refractivity contribution in [3.8, 4) is 5.75 Å². The summed E-state index contributed by atoms with van der Waals surface area (Å²) in [6.45, 7) is -0.947. The third-order valence-corrected chi connectivity index (χ3v) is 5.84. The Morgan fingerprint density at radius 2 is 1.59 bits per heavy atom. The maximum Gasteiger partial charge on any atom is 0.305 e. The van der Waals surface area contributed by atoms with E-state index in [1.165, 1.54) is 18.3 Å². The second-order valence-electron chi connectivity index (χ2n) is 8.62. The molecule has 1 aromatic heterocycles. The van der Waals surface area contributed by atoms with Gasteiger partial charge in [-0.15, -0.1) is 0 Å². The Bertz CT molecular complexity index is 1580. The molecule has 1 atom stereocenters. The molecule has 0 aliphatic rings. The number of benzene rings is 3. The predicted octanol–water partition coefficient (Wildman–Crippen LogP) is 2.86. The lowest BCUT2D eigenvalue weighted by Gasteiger charge is -2.17. The van der Waals surface area contributed by atoms with Crippen LogP contribution in [0.3, 0.4) is 0 Å². The van der Waals surface area contributed by atoms with Gasteiger partial charge >= 0.3 is 5.97 Å². The van der Waals surface area contributed by atoms with E-state index >= 15 is 0 Å². The Labute approximate surface area is 222 Å². The number of aliphatic carboxylic acids is 1. The predicted molar refractivity (Wildman–Crippen MR) is 144 cm³/mol. The Balaban J connectivity index is 1.43. The maximum absolute atomic E-state index is 13.0. The summed E-state index contributed by atoms with van der Waals surface area (Å²) in [5.41, 5.74) is -0.305. The third kappa shape index (κ3) is 6.95. The Morgan fingerprint density at radius 3 is 2.36 bits per heavy atom. The lowest BCUT2D eigenvalue weighted by Crippen LogP contribution is -2.46. The molecule has 10 heteroatoms. The molecule has 0 spiro atoms. The number of hydrogen-bond acceptors (Lipinski definition) is 6. The van der Waals surface area contributed by atoms with Crippen molar-refractivity contribution in [1.82, 2.24) is 9.88 Å². The number of carbonyl (C=O) groups excluding carboxylic acids is 3. The Hall–Kier alpha value is -5.25. The molecule has 0 bridgehead atoms. The number of amides is 2. The fourth-order valence-corrected chi connectivity index (χ4v) is 3.96. The number of carboxylic acids is 1. The van der Waals surface area contributed by atoms with E-state index < -0.39 is 54.7 Å². The van der Waals surface area contributed by atoms with E-state index in [4.69, 9.17) is 4.74 Å². The molecule has 1 heterocycles. The first kappa shape index (κ1) is 26.8. The van der Waals surface area contributed by atoms with Crippen LogP contribution in [0, 0.1) is 0 Å². The molecule has 0 radical (unpaired) electrons. The number of nitrogens with one attached hydrogen (secondary N) is 2. The molecule has 0 saturated heterocycles. The minimum absolute atomic E-state index is 0.0438. The molecule has 2 amide bonds. The number of para-hydroxylation sites is 1. The van der Waals surface area contributed by atoms with Crippen LogP contribution in [0.15, 0.2) is 95.9 Å². The number of hydrogen-bond donors (Lipinski definition) is 3. The maximum atomic E-state index is 13.0. The van der Waals surface area contributed by atoms with Gasteiger partial charge < -0.3 is 25.0 Å². The molecule has 3 N–H and O–H groups in total. The summed E-state index contributed by atoms with van der Waals surface area (Å²) in [5, 5.41) is 15.8.